The average molecular weight is 607 g/mol. The lowest BCUT2D eigenvalue weighted by atomic mass is 9.85. The molecule has 47 heavy (non-hydrogen) atoms. The van der Waals surface area contributed by atoms with Gasteiger partial charge < -0.3 is 5.32 Å². The zero-order valence-corrected chi connectivity index (χ0v) is 27.0. The van der Waals surface area contributed by atoms with Gasteiger partial charge in [0, 0.05) is 5.70 Å². The minimum Gasteiger partial charge on any atom is -0.354 e. The van der Waals surface area contributed by atoms with E-state index in [1.54, 1.807) is 0 Å². The zero-order chi connectivity index (χ0) is 32.3. The van der Waals surface area contributed by atoms with Gasteiger partial charge in [-0.25, -0.2) is 0 Å². The molecular formula is C45H38N2. The van der Waals surface area contributed by atoms with Crippen molar-refractivity contribution in [1.29, 1.82) is 0 Å². The molecule has 0 fully saturated rings. The van der Waals surface area contributed by atoms with Gasteiger partial charge in [0.2, 0.25) is 0 Å². The predicted molar refractivity (Wildman–Crippen MR) is 206 cm³/mol. The van der Waals surface area contributed by atoms with Crippen molar-refractivity contribution in [2.24, 2.45) is 10.9 Å². The summed E-state index contributed by atoms with van der Waals surface area (Å²) in [5.41, 5.74) is 12.3. The van der Waals surface area contributed by atoms with Crippen LogP contribution in [0.25, 0.3) is 67.1 Å². The van der Waals surface area contributed by atoms with Crippen LogP contribution >= 0.6 is 0 Å². The molecule has 6 aromatic carbocycles. The van der Waals surface area contributed by atoms with E-state index in [0.29, 0.717) is 5.92 Å². The van der Waals surface area contributed by atoms with Gasteiger partial charge in [-0.2, -0.15) is 0 Å². The second-order valence-corrected chi connectivity index (χ2v) is 12.2. The Morgan fingerprint density at radius 1 is 0.745 bits per heavy atom. The van der Waals surface area contributed by atoms with Crippen molar-refractivity contribution in [3.05, 3.63) is 157 Å². The molecule has 0 spiro atoms. The van der Waals surface area contributed by atoms with Crippen molar-refractivity contribution in [2.45, 2.75) is 20.3 Å². The topological polar surface area (TPSA) is 24.4 Å². The van der Waals surface area contributed by atoms with Gasteiger partial charge >= 0.3 is 0 Å². The van der Waals surface area contributed by atoms with Crippen LogP contribution in [0, 0.1) is 5.92 Å². The lowest BCUT2D eigenvalue weighted by Gasteiger charge is -2.19. The molecule has 228 valence electrons. The fraction of sp³-hybridized carbons (Fsp3) is 0.0889. The minimum atomic E-state index is 0.563. The summed E-state index contributed by atoms with van der Waals surface area (Å²) in [6, 6.07) is 39.4. The number of fused-ring (bicyclic) bond motifs is 2. The van der Waals surface area contributed by atoms with E-state index >= 15 is 0 Å². The molecule has 1 unspecified atom stereocenters. The normalized spacial score (nSPS) is 14.4. The first-order chi connectivity index (χ1) is 23.1. The first-order valence-electron chi connectivity index (χ1n) is 16.3. The summed E-state index contributed by atoms with van der Waals surface area (Å²) in [5, 5.41) is 8.43. The Kier molecular flexibility index (Phi) is 8.25. The monoisotopic (exact) mass is 606 g/mol. The molecule has 0 saturated heterocycles. The highest BCUT2D eigenvalue weighted by Gasteiger charge is 2.18. The van der Waals surface area contributed by atoms with Gasteiger partial charge in [0.15, 0.2) is 0 Å². The predicted octanol–water partition coefficient (Wildman–Crippen LogP) is 12.9. The van der Waals surface area contributed by atoms with Crippen LogP contribution in [0.3, 0.4) is 0 Å². The standard InChI is InChI=1S/C45H38N2/c1-5-12-36-31(6-2)13-11-18-37(36)32-21-23-33(24-22-32)44-38-14-7-9-16-40(38)45(41-17-10-8-15-39(41)44)34-25-28-42(43(29-34)46-4)47-35-26-19-30(3)20-27-35/h5-19,21-30,47H,2,4,20H2,1,3H3/b12-5-. The number of benzene rings is 6. The third-order valence-corrected chi connectivity index (χ3v) is 9.16. The minimum absolute atomic E-state index is 0.563. The highest BCUT2D eigenvalue weighted by atomic mass is 14.9. The molecule has 2 nitrogen and oxygen atoms in total. The number of nitrogens with one attached hydrogen (secondary N) is 1. The van der Waals surface area contributed by atoms with Crippen molar-refractivity contribution in [3.8, 4) is 33.4 Å². The lowest BCUT2D eigenvalue weighted by molar-refractivity contribution is 0.731. The van der Waals surface area contributed by atoms with Gasteiger partial charge in [-0.3, -0.25) is 4.99 Å². The van der Waals surface area contributed by atoms with Crippen molar-refractivity contribution in [2.75, 3.05) is 5.32 Å². The molecule has 1 aliphatic rings. The maximum absolute atomic E-state index is 4.45. The van der Waals surface area contributed by atoms with Crippen LogP contribution in [-0.4, -0.2) is 6.72 Å². The van der Waals surface area contributed by atoms with Gasteiger partial charge in [0.25, 0.3) is 0 Å². The highest BCUT2D eigenvalue weighted by molar-refractivity contribution is 6.21. The summed E-state index contributed by atoms with van der Waals surface area (Å²) in [4.78, 5) is 4.45. The Labute approximate surface area is 277 Å². The van der Waals surface area contributed by atoms with Gasteiger partial charge in [-0.05, 0) is 110 Å². The van der Waals surface area contributed by atoms with Crippen molar-refractivity contribution in [1.82, 2.24) is 0 Å². The molecule has 0 saturated carbocycles. The average Bonchev–Trinajstić information content (AvgIpc) is 3.12. The highest BCUT2D eigenvalue weighted by Crippen LogP contribution is 2.45. The van der Waals surface area contributed by atoms with E-state index in [4.69, 9.17) is 0 Å². The SMILES string of the molecule is C=Cc1cccc(-c2ccc(-c3c4ccccc4c(-c4ccc(NC5=CCC(C)C=C5)c(N=C)c4)c4ccccc34)cc2)c1/C=C\C. The third kappa shape index (κ3) is 5.64. The van der Waals surface area contributed by atoms with E-state index in [2.05, 4.69) is 177 Å². The molecule has 2 heteroatoms. The van der Waals surface area contributed by atoms with Gasteiger partial charge in [0.05, 0.1) is 11.4 Å². The van der Waals surface area contributed by atoms with Crippen LogP contribution in [0.15, 0.2) is 151 Å². The van der Waals surface area contributed by atoms with Crippen LogP contribution in [0.5, 0.6) is 0 Å². The second kappa shape index (κ2) is 12.9. The van der Waals surface area contributed by atoms with E-state index in [1.165, 1.54) is 54.9 Å². The number of anilines is 1. The third-order valence-electron chi connectivity index (χ3n) is 9.16. The molecule has 0 radical (unpaired) electrons. The first kappa shape index (κ1) is 30.0. The van der Waals surface area contributed by atoms with E-state index in [1.807, 2.05) is 6.08 Å². The van der Waals surface area contributed by atoms with Gasteiger partial charge in [-0.1, -0.05) is 141 Å². The lowest BCUT2D eigenvalue weighted by Crippen LogP contribution is -2.03. The Hall–Kier alpha value is -5.73. The molecule has 1 atom stereocenters. The van der Waals surface area contributed by atoms with E-state index in [0.717, 1.165) is 34.6 Å². The second-order valence-electron chi connectivity index (χ2n) is 12.2. The van der Waals surface area contributed by atoms with E-state index in [9.17, 15) is 0 Å². The molecule has 0 aromatic heterocycles. The summed E-state index contributed by atoms with van der Waals surface area (Å²) in [7, 11) is 0. The Morgan fingerprint density at radius 2 is 1.36 bits per heavy atom. The fourth-order valence-corrected chi connectivity index (χ4v) is 6.83. The molecule has 0 heterocycles. The number of nitrogens with zero attached hydrogens (tertiary/aromatic N) is 1. The number of aliphatic imine (C=N–C) groups is 1. The van der Waals surface area contributed by atoms with Crippen molar-refractivity contribution < 1.29 is 0 Å². The summed E-state index contributed by atoms with van der Waals surface area (Å²) in [5.74, 6) is 0.563. The maximum atomic E-state index is 4.45. The summed E-state index contributed by atoms with van der Waals surface area (Å²) < 4.78 is 0. The maximum Gasteiger partial charge on any atom is 0.0863 e. The summed E-state index contributed by atoms with van der Waals surface area (Å²) in [6.07, 6.45) is 13.9. The smallest absolute Gasteiger partial charge is 0.0863 e. The van der Waals surface area contributed by atoms with Crippen LogP contribution in [0.2, 0.25) is 0 Å². The quantitative estimate of drug-likeness (QED) is 0.135. The number of hydrogen-bond acceptors (Lipinski definition) is 2. The Bertz CT molecular complexity index is 2190. The number of allylic oxidation sites excluding steroid dienone is 4. The van der Waals surface area contributed by atoms with Crippen molar-refractivity contribution >= 4 is 51.8 Å². The fourth-order valence-electron chi connectivity index (χ4n) is 6.83. The molecule has 6 aromatic rings. The molecule has 1 aliphatic carbocycles. The molecule has 7 rings (SSSR count). The molecule has 0 aliphatic heterocycles. The van der Waals surface area contributed by atoms with Crippen LogP contribution < -0.4 is 5.32 Å². The van der Waals surface area contributed by atoms with Gasteiger partial charge in [-0.15, -0.1) is 0 Å². The van der Waals surface area contributed by atoms with Crippen LogP contribution in [-0.2, 0) is 0 Å². The zero-order valence-electron chi connectivity index (χ0n) is 27.0. The molecule has 1 N–H and O–H groups in total. The molecular weight excluding hydrogens is 569 g/mol. The molecule has 0 bridgehead atoms. The number of rotatable bonds is 8. The van der Waals surface area contributed by atoms with Gasteiger partial charge in [0.1, 0.15) is 0 Å². The van der Waals surface area contributed by atoms with E-state index < -0.39 is 0 Å². The largest absolute Gasteiger partial charge is 0.354 e. The van der Waals surface area contributed by atoms with Crippen LogP contribution in [0.4, 0.5) is 11.4 Å². The summed E-state index contributed by atoms with van der Waals surface area (Å²) >= 11 is 0. The Morgan fingerprint density at radius 3 is 1.94 bits per heavy atom. The molecule has 0 amide bonds. The van der Waals surface area contributed by atoms with Crippen LogP contribution in [0.1, 0.15) is 31.4 Å². The number of hydrogen-bond donors (Lipinski definition) is 1. The first-order valence-corrected chi connectivity index (χ1v) is 16.3. The van der Waals surface area contributed by atoms with Crippen molar-refractivity contribution in [3.63, 3.8) is 0 Å². The summed E-state index contributed by atoms with van der Waals surface area (Å²) in [6.45, 7) is 12.3. The Balaban J connectivity index is 1.36. The van der Waals surface area contributed by atoms with E-state index in [-0.39, 0.29) is 0 Å².